The van der Waals surface area contributed by atoms with E-state index < -0.39 is 18.1 Å². The number of amides is 3. The molecule has 0 radical (unpaired) electrons. The van der Waals surface area contributed by atoms with E-state index in [4.69, 9.17) is 14.2 Å². The zero-order valence-electron chi connectivity index (χ0n) is 22.0. The first-order valence-corrected chi connectivity index (χ1v) is 14.6. The van der Waals surface area contributed by atoms with Gasteiger partial charge in [0.15, 0.2) is 11.5 Å². The predicted molar refractivity (Wildman–Crippen MR) is 150 cm³/mol. The van der Waals surface area contributed by atoms with Gasteiger partial charge in [0.05, 0.1) is 32.7 Å². The molecule has 2 atom stereocenters. The molecule has 3 amide bonds. The van der Waals surface area contributed by atoms with E-state index in [9.17, 15) is 14.4 Å². The first kappa shape index (κ1) is 28.4. The van der Waals surface area contributed by atoms with Gasteiger partial charge in [-0.25, -0.2) is 4.79 Å². The van der Waals surface area contributed by atoms with E-state index in [0.717, 1.165) is 22.6 Å². The lowest BCUT2D eigenvalue weighted by Crippen LogP contribution is -2.51. The van der Waals surface area contributed by atoms with E-state index in [1.165, 1.54) is 7.11 Å². The maximum Gasteiger partial charge on any atom is 0.318 e. The lowest BCUT2D eigenvalue weighted by Gasteiger charge is -2.27. The molecule has 9 nitrogen and oxygen atoms in total. The summed E-state index contributed by atoms with van der Waals surface area (Å²) in [6.07, 6.45) is 2.01. The van der Waals surface area contributed by atoms with Gasteiger partial charge in [-0.15, -0.1) is 22.7 Å². The molecular formula is C28H33N3O6S2. The number of thiophene rings is 2. The predicted octanol–water partition coefficient (Wildman–Crippen LogP) is 5.23. The average Bonchev–Trinajstić information content (AvgIpc) is 3.73. The number of rotatable bonds is 13. The molecule has 11 heteroatoms. The largest absolute Gasteiger partial charge is 0.469 e. The Morgan fingerprint density at radius 1 is 1.00 bits per heavy atom. The molecule has 1 aliphatic rings. The molecule has 0 bridgehead atoms. The number of hydrogen-bond donors (Lipinski definition) is 2. The number of fused-ring (bicyclic) bond motifs is 1. The third-order valence-corrected chi connectivity index (χ3v) is 8.04. The number of carbonyl (C=O) groups is 3. The summed E-state index contributed by atoms with van der Waals surface area (Å²) < 4.78 is 15.7. The highest BCUT2D eigenvalue weighted by Crippen LogP contribution is 2.35. The van der Waals surface area contributed by atoms with E-state index in [0.29, 0.717) is 36.6 Å². The summed E-state index contributed by atoms with van der Waals surface area (Å²) in [5.74, 6) is 0.317. The monoisotopic (exact) mass is 571 g/mol. The van der Waals surface area contributed by atoms with Crippen LogP contribution in [0.3, 0.4) is 0 Å². The molecule has 3 aromatic rings. The fraction of sp³-hybridized carbons (Fsp3) is 0.393. The van der Waals surface area contributed by atoms with Gasteiger partial charge in [0.1, 0.15) is 6.04 Å². The standard InChI is InChI=1S/C28H33N3O6S2/c1-3-4-9-22(30-28(34)31(16-20-7-5-12-38-20)17-21-8-6-13-39-21)27(33)29-23(15-26(32)35-2)19-10-11-24-25(14-19)37-18-36-24/h5-8,10-14,22-23H,3-4,9,15-18H2,1-2H3,(H,29,33)(H,30,34)/t22-,23+/m0/s1. The molecule has 0 saturated carbocycles. The van der Waals surface area contributed by atoms with Crippen molar-refractivity contribution in [3.05, 3.63) is 68.5 Å². The second-order valence-corrected chi connectivity index (χ2v) is 11.2. The highest BCUT2D eigenvalue weighted by atomic mass is 32.1. The summed E-state index contributed by atoms with van der Waals surface area (Å²) in [5, 5.41) is 9.89. The third-order valence-electron chi connectivity index (χ3n) is 6.32. The van der Waals surface area contributed by atoms with Gasteiger partial charge in [0.25, 0.3) is 0 Å². The van der Waals surface area contributed by atoms with Crippen molar-refractivity contribution in [2.75, 3.05) is 13.9 Å². The lowest BCUT2D eigenvalue weighted by atomic mass is 10.0. The van der Waals surface area contributed by atoms with Gasteiger partial charge >= 0.3 is 12.0 Å². The molecule has 0 unspecified atom stereocenters. The molecule has 1 aliphatic heterocycles. The third kappa shape index (κ3) is 7.96. The zero-order chi connectivity index (χ0) is 27.6. The number of ether oxygens (including phenoxy) is 3. The minimum atomic E-state index is -0.777. The second-order valence-electron chi connectivity index (χ2n) is 9.11. The number of urea groups is 1. The number of hydrogen-bond acceptors (Lipinski definition) is 8. The van der Waals surface area contributed by atoms with Gasteiger partial charge in [-0.1, -0.05) is 38.0 Å². The van der Waals surface area contributed by atoms with Gasteiger partial charge in [0.2, 0.25) is 12.7 Å². The fourth-order valence-electron chi connectivity index (χ4n) is 4.20. The Morgan fingerprint density at radius 2 is 1.69 bits per heavy atom. The highest BCUT2D eigenvalue weighted by molar-refractivity contribution is 7.10. The number of benzene rings is 1. The Hall–Kier alpha value is -3.57. The van der Waals surface area contributed by atoms with E-state index in [-0.39, 0.29) is 25.2 Å². The molecule has 0 aliphatic carbocycles. The molecule has 2 aromatic heterocycles. The van der Waals surface area contributed by atoms with E-state index in [1.807, 2.05) is 41.9 Å². The SMILES string of the molecule is CCCC[C@H](NC(=O)N(Cc1cccs1)Cc1cccs1)C(=O)N[C@H](CC(=O)OC)c1ccc2c(c1)OCO2. The van der Waals surface area contributed by atoms with Crippen LogP contribution in [-0.2, 0) is 27.4 Å². The molecule has 0 fully saturated rings. The van der Waals surface area contributed by atoms with Gasteiger partial charge in [-0.3, -0.25) is 9.59 Å². The Kier molecular flexibility index (Phi) is 10.2. The maximum atomic E-state index is 13.6. The smallest absolute Gasteiger partial charge is 0.318 e. The molecule has 208 valence electrons. The highest BCUT2D eigenvalue weighted by Gasteiger charge is 2.28. The fourth-order valence-corrected chi connectivity index (χ4v) is 5.64. The van der Waals surface area contributed by atoms with Crippen LogP contribution in [0.2, 0.25) is 0 Å². The van der Waals surface area contributed by atoms with Crippen LogP contribution in [0.1, 0.15) is 54.0 Å². The van der Waals surface area contributed by atoms with E-state index in [2.05, 4.69) is 10.6 Å². The number of carbonyl (C=O) groups excluding carboxylic acids is 3. The second kappa shape index (κ2) is 14.0. The number of nitrogens with one attached hydrogen (secondary N) is 2. The molecule has 0 saturated heterocycles. The van der Waals surface area contributed by atoms with E-state index >= 15 is 0 Å². The van der Waals surface area contributed by atoms with Gasteiger partial charge in [-0.05, 0) is 47.0 Å². The molecule has 2 N–H and O–H groups in total. The van der Waals surface area contributed by atoms with Crippen molar-refractivity contribution >= 4 is 40.6 Å². The van der Waals surface area contributed by atoms with Crippen LogP contribution < -0.4 is 20.1 Å². The molecule has 3 heterocycles. The van der Waals surface area contributed by atoms with Crippen LogP contribution in [0.4, 0.5) is 4.79 Å². The normalized spacial score (nSPS) is 13.4. The van der Waals surface area contributed by atoms with Gasteiger partial charge in [-0.2, -0.15) is 0 Å². The van der Waals surface area contributed by atoms with Crippen LogP contribution in [-0.4, -0.2) is 42.8 Å². The van der Waals surface area contributed by atoms with Crippen LogP contribution in [0.5, 0.6) is 11.5 Å². The van der Waals surface area contributed by atoms with Crippen LogP contribution in [0.25, 0.3) is 0 Å². The minimum absolute atomic E-state index is 0.0702. The summed E-state index contributed by atoms with van der Waals surface area (Å²) >= 11 is 3.16. The van der Waals surface area contributed by atoms with Crippen molar-refractivity contribution in [3.63, 3.8) is 0 Å². The Labute approximate surface area is 236 Å². The Morgan fingerprint density at radius 3 is 2.31 bits per heavy atom. The number of unbranched alkanes of at least 4 members (excludes halogenated alkanes) is 1. The van der Waals surface area contributed by atoms with Gasteiger partial charge < -0.3 is 29.7 Å². The van der Waals surface area contributed by atoms with Crippen molar-refractivity contribution < 1.29 is 28.6 Å². The first-order valence-electron chi connectivity index (χ1n) is 12.8. The van der Waals surface area contributed by atoms with Crippen molar-refractivity contribution in [1.82, 2.24) is 15.5 Å². The summed E-state index contributed by atoms with van der Waals surface area (Å²) in [5.41, 5.74) is 0.676. The minimum Gasteiger partial charge on any atom is -0.469 e. The molecule has 39 heavy (non-hydrogen) atoms. The average molecular weight is 572 g/mol. The molecule has 0 spiro atoms. The molecule has 4 rings (SSSR count). The number of methoxy groups -OCH3 is 1. The van der Waals surface area contributed by atoms with Crippen molar-refractivity contribution in [1.29, 1.82) is 0 Å². The van der Waals surface area contributed by atoms with Crippen molar-refractivity contribution in [2.45, 2.75) is 57.8 Å². The molecular weight excluding hydrogens is 538 g/mol. The zero-order valence-corrected chi connectivity index (χ0v) is 23.6. The Bertz CT molecular complexity index is 1200. The van der Waals surface area contributed by atoms with Gasteiger partial charge in [0, 0.05) is 9.75 Å². The Balaban J connectivity index is 1.51. The number of esters is 1. The maximum absolute atomic E-state index is 13.6. The molecule has 1 aromatic carbocycles. The van der Waals surface area contributed by atoms with Crippen molar-refractivity contribution in [3.8, 4) is 11.5 Å². The quantitative estimate of drug-likeness (QED) is 0.272. The summed E-state index contributed by atoms with van der Waals surface area (Å²) in [6, 6.07) is 11.4. The summed E-state index contributed by atoms with van der Waals surface area (Å²) in [6.45, 7) is 3.02. The van der Waals surface area contributed by atoms with Crippen LogP contribution >= 0.6 is 22.7 Å². The van der Waals surface area contributed by atoms with Crippen LogP contribution in [0, 0.1) is 0 Å². The summed E-state index contributed by atoms with van der Waals surface area (Å²) in [4.78, 5) is 43.1. The van der Waals surface area contributed by atoms with Crippen molar-refractivity contribution in [2.24, 2.45) is 0 Å². The lowest BCUT2D eigenvalue weighted by molar-refractivity contribution is -0.141. The van der Waals surface area contributed by atoms with Crippen LogP contribution in [0.15, 0.2) is 53.2 Å². The first-order chi connectivity index (χ1) is 19.0. The van der Waals surface area contributed by atoms with E-state index in [1.54, 1.807) is 45.8 Å². The number of nitrogens with zero attached hydrogens (tertiary/aromatic N) is 1. The summed E-state index contributed by atoms with van der Waals surface area (Å²) in [7, 11) is 1.31. The topological polar surface area (TPSA) is 106 Å².